The summed E-state index contributed by atoms with van der Waals surface area (Å²) in [5, 5.41) is 0. The van der Waals surface area contributed by atoms with E-state index in [2.05, 4.69) is 20.7 Å². The molecule has 0 bridgehead atoms. The molecule has 8 heteroatoms. The van der Waals surface area contributed by atoms with Gasteiger partial charge in [-0.3, -0.25) is 4.90 Å². The Balaban J connectivity index is 1.83. The lowest BCUT2D eigenvalue weighted by molar-refractivity contribution is 0.241. The van der Waals surface area contributed by atoms with E-state index >= 15 is 0 Å². The maximum absolute atomic E-state index is 14.3. The third kappa shape index (κ3) is 4.49. The van der Waals surface area contributed by atoms with Gasteiger partial charge in [0.05, 0.1) is 10.9 Å². The van der Waals surface area contributed by atoms with E-state index in [1.807, 2.05) is 4.90 Å². The number of hydrogen-bond donors (Lipinski definition) is 1. The van der Waals surface area contributed by atoms with Crippen molar-refractivity contribution in [1.82, 2.24) is 9.62 Å². The molecule has 1 fully saturated rings. The van der Waals surface area contributed by atoms with E-state index in [-0.39, 0.29) is 11.4 Å². The van der Waals surface area contributed by atoms with E-state index in [1.165, 1.54) is 24.3 Å². The molecule has 26 heavy (non-hydrogen) atoms. The fourth-order valence-electron chi connectivity index (χ4n) is 3.15. The second-order valence-corrected chi connectivity index (χ2v) is 8.91. The molecule has 1 N–H and O–H groups in total. The van der Waals surface area contributed by atoms with Crippen LogP contribution in [0.25, 0.3) is 0 Å². The van der Waals surface area contributed by atoms with Crippen LogP contribution < -0.4 is 4.72 Å². The van der Waals surface area contributed by atoms with Crippen LogP contribution in [0.1, 0.15) is 24.4 Å². The Hall–Kier alpha value is -1.35. The molecule has 0 aromatic heterocycles. The van der Waals surface area contributed by atoms with Crippen molar-refractivity contribution in [3.8, 4) is 0 Å². The molecule has 1 aliphatic rings. The molecule has 3 rings (SSSR count). The van der Waals surface area contributed by atoms with Gasteiger partial charge < -0.3 is 0 Å². The maximum Gasteiger partial charge on any atom is 0.240 e. The molecule has 1 unspecified atom stereocenters. The van der Waals surface area contributed by atoms with Crippen LogP contribution in [0, 0.1) is 11.6 Å². The van der Waals surface area contributed by atoms with Crippen LogP contribution >= 0.6 is 15.9 Å². The average molecular weight is 445 g/mol. The van der Waals surface area contributed by atoms with Crippen molar-refractivity contribution in [1.29, 1.82) is 0 Å². The van der Waals surface area contributed by atoms with Crippen LogP contribution in [0.5, 0.6) is 0 Å². The quantitative estimate of drug-likeness (QED) is 0.735. The van der Waals surface area contributed by atoms with Gasteiger partial charge in [-0.2, -0.15) is 0 Å². The molecular formula is C18H19BrF2N2O2S. The highest BCUT2D eigenvalue weighted by molar-refractivity contribution is 9.10. The Morgan fingerprint density at radius 1 is 1.08 bits per heavy atom. The van der Waals surface area contributed by atoms with Crippen LogP contribution in [-0.2, 0) is 10.0 Å². The normalized spacial score (nSPS) is 16.7. The number of likely N-dealkylation sites (tertiary alicyclic amines) is 1. The highest BCUT2D eigenvalue weighted by Gasteiger charge is 2.27. The van der Waals surface area contributed by atoms with Crippen molar-refractivity contribution in [2.45, 2.75) is 23.8 Å². The standard InChI is InChI=1S/C18H19BrF2N2O2S/c19-13-3-6-15(7-4-13)26(24,25)22-12-18(23-9-1-2-10-23)16-8-5-14(20)11-17(16)21/h3-8,11,18,22H,1-2,9-10,12H2. The van der Waals surface area contributed by atoms with E-state index < -0.39 is 27.7 Å². The first-order valence-corrected chi connectivity index (χ1v) is 10.6. The van der Waals surface area contributed by atoms with Crippen molar-refractivity contribution < 1.29 is 17.2 Å². The topological polar surface area (TPSA) is 49.4 Å². The summed E-state index contributed by atoms with van der Waals surface area (Å²) in [6.45, 7) is 1.52. The first-order chi connectivity index (χ1) is 12.4. The van der Waals surface area contributed by atoms with Crippen molar-refractivity contribution >= 4 is 26.0 Å². The number of benzene rings is 2. The average Bonchev–Trinajstić information content (AvgIpc) is 3.11. The zero-order valence-electron chi connectivity index (χ0n) is 14.0. The number of nitrogens with zero attached hydrogens (tertiary/aromatic N) is 1. The highest BCUT2D eigenvalue weighted by Crippen LogP contribution is 2.27. The number of hydrogen-bond acceptors (Lipinski definition) is 3. The molecule has 1 heterocycles. The van der Waals surface area contributed by atoms with Gasteiger partial charge in [0.25, 0.3) is 0 Å². The van der Waals surface area contributed by atoms with Gasteiger partial charge in [-0.05, 0) is 56.3 Å². The molecule has 0 amide bonds. The minimum absolute atomic E-state index is 0.0148. The molecule has 0 aliphatic carbocycles. The summed E-state index contributed by atoms with van der Waals surface area (Å²) in [6, 6.07) is 9.22. The van der Waals surface area contributed by atoms with E-state index in [0.717, 1.165) is 36.5 Å². The summed E-state index contributed by atoms with van der Waals surface area (Å²) < 4.78 is 56.0. The fourth-order valence-corrected chi connectivity index (χ4v) is 4.45. The lowest BCUT2D eigenvalue weighted by Gasteiger charge is -2.28. The smallest absolute Gasteiger partial charge is 0.240 e. The Bertz CT molecular complexity index is 869. The van der Waals surface area contributed by atoms with Crippen molar-refractivity contribution in [2.75, 3.05) is 19.6 Å². The molecule has 1 saturated heterocycles. The van der Waals surface area contributed by atoms with E-state index in [1.54, 1.807) is 12.1 Å². The number of halogens is 3. The summed E-state index contributed by atoms with van der Waals surface area (Å²) in [4.78, 5) is 2.17. The van der Waals surface area contributed by atoms with Gasteiger partial charge in [-0.25, -0.2) is 21.9 Å². The second-order valence-electron chi connectivity index (χ2n) is 6.23. The Labute approximate surface area is 160 Å². The molecule has 2 aromatic rings. The Kier molecular flexibility index (Phi) is 6.06. The number of nitrogens with one attached hydrogen (secondary N) is 1. The molecule has 2 aromatic carbocycles. The molecule has 0 radical (unpaired) electrons. The predicted octanol–water partition coefficient (Wildman–Crippen LogP) is 3.84. The zero-order chi connectivity index (χ0) is 18.7. The maximum atomic E-state index is 14.3. The van der Waals surface area contributed by atoms with Gasteiger partial charge in [0.2, 0.25) is 10.0 Å². The van der Waals surface area contributed by atoms with E-state index in [9.17, 15) is 17.2 Å². The summed E-state index contributed by atoms with van der Waals surface area (Å²) in [5.74, 6) is -1.31. The van der Waals surface area contributed by atoms with Gasteiger partial charge >= 0.3 is 0 Å². The first kappa shape index (κ1) is 19.4. The molecule has 1 aliphatic heterocycles. The molecule has 0 spiro atoms. The molecule has 1 atom stereocenters. The first-order valence-electron chi connectivity index (χ1n) is 8.31. The van der Waals surface area contributed by atoms with Crippen LogP contribution in [0.3, 0.4) is 0 Å². The van der Waals surface area contributed by atoms with Gasteiger partial charge in [0, 0.05) is 22.6 Å². The van der Waals surface area contributed by atoms with Crippen molar-refractivity contribution in [2.24, 2.45) is 0 Å². The number of sulfonamides is 1. The van der Waals surface area contributed by atoms with Gasteiger partial charge in [-0.15, -0.1) is 0 Å². The number of rotatable bonds is 6. The summed E-state index contributed by atoms with van der Waals surface area (Å²) in [6.07, 6.45) is 1.94. The van der Waals surface area contributed by atoms with Crippen molar-refractivity contribution in [3.05, 3.63) is 64.1 Å². The van der Waals surface area contributed by atoms with Crippen LogP contribution in [-0.4, -0.2) is 33.0 Å². The van der Waals surface area contributed by atoms with E-state index in [0.29, 0.717) is 5.56 Å². The third-order valence-corrected chi connectivity index (χ3v) is 6.46. The summed E-state index contributed by atoms with van der Waals surface area (Å²) in [7, 11) is -3.72. The van der Waals surface area contributed by atoms with Crippen LogP contribution in [0.15, 0.2) is 51.8 Å². The SMILES string of the molecule is O=S(=O)(NCC(c1ccc(F)cc1F)N1CCCC1)c1ccc(Br)cc1. The van der Waals surface area contributed by atoms with Crippen LogP contribution in [0.2, 0.25) is 0 Å². The molecule has 4 nitrogen and oxygen atoms in total. The second kappa shape index (κ2) is 8.12. The molecule has 140 valence electrons. The highest BCUT2D eigenvalue weighted by atomic mass is 79.9. The lowest BCUT2D eigenvalue weighted by Crippen LogP contribution is -2.37. The molecule has 0 saturated carbocycles. The zero-order valence-corrected chi connectivity index (χ0v) is 16.4. The minimum Gasteiger partial charge on any atom is -0.295 e. The van der Waals surface area contributed by atoms with Gasteiger partial charge in [0.15, 0.2) is 0 Å². The third-order valence-electron chi connectivity index (χ3n) is 4.49. The summed E-state index contributed by atoms with van der Waals surface area (Å²) in [5.41, 5.74) is 0.298. The van der Waals surface area contributed by atoms with Crippen molar-refractivity contribution in [3.63, 3.8) is 0 Å². The largest absolute Gasteiger partial charge is 0.295 e. The predicted molar refractivity (Wildman–Crippen MR) is 99.2 cm³/mol. The Morgan fingerprint density at radius 2 is 1.73 bits per heavy atom. The molecular weight excluding hydrogens is 426 g/mol. The van der Waals surface area contributed by atoms with Gasteiger partial charge in [0.1, 0.15) is 11.6 Å². The Morgan fingerprint density at radius 3 is 2.35 bits per heavy atom. The van der Waals surface area contributed by atoms with E-state index in [4.69, 9.17) is 0 Å². The van der Waals surface area contributed by atoms with Crippen LogP contribution in [0.4, 0.5) is 8.78 Å². The fraction of sp³-hybridized carbons (Fsp3) is 0.333. The lowest BCUT2D eigenvalue weighted by atomic mass is 10.0. The monoisotopic (exact) mass is 444 g/mol. The van der Waals surface area contributed by atoms with Gasteiger partial charge in [-0.1, -0.05) is 22.0 Å². The minimum atomic E-state index is -3.72. The summed E-state index contributed by atoms with van der Waals surface area (Å²) >= 11 is 3.27.